The molecule has 0 bridgehead atoms. The van der Waals surface area contributed by atoms with Crippen molar-refractivity contribution in [3.05, 3.63) is 53.6 Å². The first-order valence-electron chi connectivity index (χ1n) is 9.57. The van der Waals surface area contributed by atoms with Crippen molar-refractivity contribution < 1.29 is 22.7 Å². The zero-order valence-corrected chi connectivity index (χ0v) is 16.4. The molecule has 0 spiro atoms. The third-order valence-corrected chi connectivity index (χ3v) is 5.21. The van der Waals surface area contributed by atoms with Crippen LogP contribution in [0.4, 0.5) is 13.2 Å². The van der Waals surface area contributed by atoms with Crippen molar-refractivity contribution in [1.82, 2.24) is 5.32 Å². The van der Waals surface area contributed by atoms with Gasteiger partial charge in [-0.25, -0.2) is 0 Å². The number of hydrogen-bond acceptors (Lipinski definition) is 3. The number of benzene rings is 1. The molecule has 154 valence electrons. The standard InChI is InChI=1S/C22H28F3NO2/c1-5-6-16-8-7-15(4)11-20(16)26-21(14(2)3)19-10-9-18(12-17(19)13-27)28-22(23,24)25/h9-10,12-13,16,20-21,26H,2,4-8,11H2,1,3H3/t16?,20-,21?/m0/s1. The molecule has 0 amide bonds. The van der Waals surface area contributed by atoms with Gasteiger partial charge in [-0.1, -0.05) is 43.7 Å². The van der Waals surface area contributed by atoms with Gasteiger partial charge in [0.2, 0.25) is 0 Å². The quantitative estimate of drug-likeness (QED) is 0.425. The van der Waals surface area contributed by atoms with E-state index in [0.29, 0.717) is 17.8 Å². The van der Waals surface area contributed by atoms with Crippen molar-refractivity contribution in [2.45, 2.75) is 64.4 Å². The maximum atomic E-state index is 12.5. The van der Waals surface area contributed by atoms with E-state index in [-0.39, 0.29) is 17.6 Å². The van der Waals surface area contributed by atoms with Gasteiger partial charge in [-0.2, -0.15) is 0 Å². The molecule has 3 nitrogen and oxygen atoms in total. The van der Waals surface area contributed by atoms with Crippen LogP contribution in [0.2, 0.25) is 0 Å². The number of carbonyl (C=O) groups excluding carboxylic acids is 1. The summed E-state index contributed by atoms with van der Waals surface area (Å²) in [5.41, 5.74) is 2.74. The van der Waals surface area contributed by atoms with Gasteiger partial charge >= 0.3 is 6.36 Å². The average molecular weight is 395 g/mol. The van der Waals surface area contributed by atoms with Gasteiger partial charge < -0.3 is 10.1 Å². The summed E-state index contributed by atoms with van der Waals surface area (Å²) in [6.45, 7) is 12.2. The molecule has 1 fully saturated rings. The van der Waals surface area contributed by atoms with Gasteiger partial charge in [0, 0.05) is 11.6 Å². The first-order valence-corrected chi connectivity index (χ1v) is 9.57. The van der Waals surface area contributed by atoms with Crippen LogP contribution in [0.1, 0.15) is 67.9 Å². The Labute approximate surface area is 164 Å². The summed E-state index contributed by atoms with van der Waals surface area (Å²) in [5.74, 6) is 0.0820. The Morgan fingerprint density at radius 2 is 2.14 bits per heavy atom. The number of aldehydes is 1. The summed E-state index contributed by atoms with van der Waals surface area (Å²) >= 11 is 0. The maximum absolute atomic E-state index is 12.5. The average Bonchev–Trinajstić information content (AvgIpc) is 2.60. The highest BCUT2D eigenvalue weighted by Gasteiger charge is 2.32. The zero-order valence-electron chi connectivity index (χ0n) is 16.4. The minimum Gasteiger partial charge on any atom is -0.406 e. The Morgan fingerprint density at radius 3 is 2.71 bits per heavy atom. The van der Waals surface area contributed by atoms with Crippen molar-refractivity contribution in [3.8, 4) is 5.75 Å². The molecule has 2 rings (SSSR count). The fourth-order valence-electron chi connectivity index (χ4n) is 3.91. The van der Waals surface area contributed by atoms with E-state index in [4.69, 9.17) is 0 Å². The Kier molecular flexibility index (Phi) is 7.47. The highest BCUT2D eigenvalue weighted by Crippen LogP contribution is 2.35. The van der Waals surface area contributed by atoms with E-state index in [9.17, 15) is 18.0 Å². The topological polar surface area (TPSA) is 38.3 Å². The van der Waals surface area contributed by atoms with Crippen molar-refractivity contribution in [2.24, 2.45) is 5.92 Å². The van der Waals surface area contributed by atoms with Crippen molar-refractivity contribution in [1.29, 1.82) is 0 Å². The van der Waals surface area contributed by atoms with Crippen LogP contribution in [-0.2, 0) is 0 Å². The van der Waals surface area contributed by atoms with Gasteiger partial charge in [-0.05, 0) is 56.2 Å². The van der Waals surface area contributed by atoms with Crippen LogP contribution >= 0.6 is 0 Å². The highest BCUT2D eigenvalue weighted by atomic mass is 19.4. The van der Waals surface area contributed by atoms with E-state index in [1.54, 1.807) is 0 Å². The third kappa shape index (κ3) is 5.96. The molecule has 1 aromatic rings. The van der Waals surface area contributed by atoms with Crippen LogP contribution in [-0.4, -0.2) is 18.7 Å². The molecule has 1 aliphatic carbocycles. The molecule has 3 atom stereocenters. The summed E-state index contributed by atoms with van der Waals surface area (Å²) in [4.78, 5) is 11.6. The third-order valence-electron chi connectivity index (χ3n) is 5.21. The van der Waals surface area contributed by atoms with Crippen molar-refractivity contribution >= 4 is 6.29 Å². The molecule has 2 unspecified atom stereocenters. The second kappa shape index (κ2) is 9.41. The van der Waals surface area contributed by atoms with Crippen LogP contribution < -0.4 is 10.1 Å². The molecule has 6 heteroatoms. The van der Waals surface area contributed by atoms with E-state index in [1.165, 1.54) is 17.7 Å². The first kappa shape index (κ1) is 22.2. The molecule has 0 aliphatic heterocycles. The lowest BCUT2D eigenvalue weighted by molar-refractivity contribution is -0.274. The molecule has 1 aliphatic rings. The molecule has 1 N–H and O–H groups in total. The van der Waals surface area contributed by atoms with Gasteiger partial charge in [0.15, 0.2) is 6.29 Å². The van der Waals surface area contributed by atoms with Crippen LogP contribution in [0.15, 0.2) is 42.5 Å². The van der Waals surface area contributed by atoms with Crippen LogP contribution in [0, 0.1) is 5.92 Å². The Balaban J connectivity index is 2.31. The Bertz CT molecular complexity index is 727. The van der Waals surface area contributed by atoms with Gasteiger partial charge in [0.1, 0.15) is 5.75 Å². The summed E-state index contributed by atoms with van der Waals surface area (Å²) in [5, 5.41) is 3.60. The number of hydrogen-bond donors (Lipinski definition) is 1. The number of halogens is 3. The number of carbonyl (C=O) groups is 1. The maximum Gasteiger partial charge on any atom is 0.573 e. The molecular weight excluding hydrogens is 367 g/mol. The monoisotopic (exact) mass is 395 g/mol. The SMILES string of the molecule is C=C1CCC(CCC)[C@@H](NC(C(=C)C)c2ccc(OC(F)(F)F)cc2C=O)C1. The van der Waals surface area contributed by atoms with Gasteiger partial charge in [0.05, 0.1) is 6.04 Å². The van der Waals surface area contributed by atoms with Gasteiger partial charge in [-0.3, -0.25) is 4.79 Å². The van der Waals surface area contributed by atoms with E-state index in [0.717, 1.165) is 43.7 Å². The van der Waals surface area contributed by atoms with Crippen molar-refractivity contribution in [2.75, 3.05) is 0 Å². The number of ether oxygens (including phenoxy) is 1. The van der Waals surface area contributed by atoms with Crippen LogP contribution in [0.3, 0.4) is 0 Å². The lowest BCUT2D eigenvalue weighted by Crippen LogP contribution is -2.41. The lowest BCUT2D eigenvalue weighted by Gasteiger charge is -2.37. The second-order valence-corrected chi connectivity index (χ2v) is 7.55. The van der Waals surface area contributed by atoms with E-state index in [1.807, 2.05) is 6.92 Å². The molecule has 1 saturated carbocycles. The first-order chi connectivity index (χ1) is 13.1. The van der Waals surface area contributed by atoms with Crippen LogP contribution in [0.5, 0.6) is 5.75 Å². The largest absolute Gasteiger partial charge is 0.573 e. The Morgan fingerprint density at radius 1 is 1.43 bits per heavy atom. The van der Waals surface area contributed by atoms with Gasteiger partial charge in [0.25, 0.3) is 0 Å². The highest BCUT2D eigenvalue weighted by molar-refractivity contribution is 5.78. The fourth-order valence-corrected chi connectivity index (χ4v) is 3.91. The number of alkyl halides is 3. The van der Waals surface area contributed by atoms with Gasteiger partial charge in [-0.15, -0.1) is 13.2 Å². The van der Waals surface area contributed by atoms with E-state index >= 15 is 0 Å². The molecule has 28 heavy (non-hydrogen) atoms. The summed E-state index contributed by atoms with van der Waals surface area (Å²) in [6, 6.07) is 3.71. The zero-order chi connectivity index (χ0) is 20.9. The summed E-state index contributed by atoms with van der Waals surface area (Å²) in [7, 11) is 0. The number of nitrogens with one attached hydrogen (secondary N) is 1. The molecule has 1 aromatic carbocycles. The van der Waals surface area contributed by atoms with Crippen molar-refractivity contribution in [3.63, 3.8) is 0 Å². The van der Waals surface area contributed by atoms with E-state index < -0.39 is 12.1 Å². The summed E-state index contributed by atoms with van der Waals surface area (Å²) < 4.78 is 41.4. The van der Waals surface area contributed by atoms with E-state index in [2.05, 4.69) is 30.1 Å². The fraction of sp³-hybridized carbons (Fsp3) is 0.500. The molecule has 0 radical (unpaired) electrons. The van der Waals surface area contributed by atoms with Crippen LogP contribution in [0.25, 0.3) is 0 Å². The smallest absolute Gasteiger partial charge is 0.406 e. The minimum absolute atomic E-state index is 0.156. The number of rotatable bonds is 8. The molecule has 0 heterocycles. The summed E-state index contributed by atoms with van der Waals surface area (Å²) in [6.07, 6.45) is 0.849. The minimum atomic E-state index is -4.80. The normalized spacial score (nSPS) is 21.2. The lowest BCUT2D eigenvalue weighted by atomic mass is 9.79. The predicted octanol–water partition coefficient (Wildman–Crippen LogP) is 6.13. The molecule has 0 saturated heterocycles. The Hall–Kier alpha value is -2.08. The molecule has 0 aromatic heterocycles. The predicted molar refractivity (Wildman–Crippen MR) is 104 cm³/mol. The molecular formula is C22H28F3NO2. The second-order valence-electron chi connectivity index (χ2n) is 7.55.